The molecule has 1 N–H and O–H groups in total. The number of hydrogen-bond donors (Lipinski definition) is 1. The smallest absolute Gasteiger partial charge is 0.342 e. The van der Waals surface area contributed by atoms with Gasteiger partial charge in [-0.2, -0.15) is 0 Å². The van der Waals surface area contributed by atoms with Gasteiger partial charge < -0.3 is 9.84 Å². The molecule has 0 unspecified atom stereocenters. The van der Waals surface area contributed by atoms with Gasteiger partial charge in [-0.25, -0.2) is 9.59 Å². The monoisotopic (exact) mass is 239 g/mol. The van der Waals surface area contributed by atoms with Gasteiger partial charge >= 0.3 is 11.9 Å². The standard InChI is InChI=1S/C10H9NO6/c1-5-6(10(14)17-2)3-4-7(9(12)13)8(5)11(15)16/h3-4H,1-2H3,(H,12,13). The summed E-state index contributed by atoms with van der Waals surface area (Å²) in [6.07, 6.45) is 0. The number of methoxy groups -OCH3 is 1. The van der Waals surface area contributed by atoms with Gasteiger partial charge in [-0.15, -0.1) is 0 Å². The van der Waals surface area contributed by atoms with Crippen LogP contribution in [0.15, 0.2) is 12.1 Å². The van der Waals surface area contributed by atoms with E-state index in [1.807, 2.05) is 0 Å². The third-order valence-corrected chi connectivity index (χ3v) is 2.25. The van der Waals surface area contributed by atoms with Crippen molar-refractivity contribution in [2.75, 3.05) is 7.11 Å². The average Bonchev–Trinajstić information content (AvgIpc) is 2.26. The second-order valence-corrected chi connectivity index (χ2v) is 3.19. The van der Waals surface area contributed by atoms with Crippen LogP contribution in [-0.4, -0.2) is 29.1 Å². The Labute approximate surface area is 95.8 Å². The molecule has 0 amide bonds. The summed E-state index contributed by atoms with van der Waals surface area (Å²) in [5.74, 6) is -2.17. The van der Waals surface area contributed by atoms with Crippen molar-refractivity contribution < 1.29 is 24.4 Å². The van der Waals surface area contributed by atoms with Gasteiger partial charge in [0.1, 0.15) is 5.56 Å². The number of benzene rings is 1. The highest BCUT2D eigenvalue weighted by molar-refractivity contribution is 5.98. The second kappa shape index (κ2) is 4.60. The van der Waals surface area contributed by atoms with E-state index < -0.39 is 28.1 Å². The predicted octanol–water partition coefficient (Wildman–Crippen LogP) is 1.39. The molecule has 0 radical (unpaired) electrons. The van der Waals surface area contributed by atoms with Gasteiger partial charge in [0.05, 0.1) is 17.6 Å². The number of nitro groups is 1. The normalized spacial score (nSPS) is 9.76. The van der Waals surface area contributed by atoms with Crippen LogP contribution in [0.2, 0.25) is 0 Å². The lowest BCUT2D eigenvalue weighted by atomic mass is 10.0. The maximum atomic E-state index is 11.3. The molecule has 0 saturated carbocycles. The van der Waals surface area contributed by atoms with Crippen molar-refractivity contribution in [2.45, 2.75) is 6.92 Å². The van der Waals surface area contributed by atoms with E-state index in [2.05, 4.69) is 4.74 Å². The first kappa shape index (κ1) is 12.6. The number of carbonyl (C=O) groups excluding carboxylic acids is 1. The zero-order chi connectivity index (χ0) is 13.2. The van der Waals surface area contributed by atoms with E-state index in [0.29, 0.717) is 0 Å². The van der Waals surface area contributed by atoms with Crippen LogP contribution in [-0.2, 0) is 4.74 Å². The second-order valence-electron chi connectivity index (χ2n) is 3.19. The lowest BCUT2D eigenvalue weighted by Crippen LogP contribution is -2.10. The van der Waals surface area contributed by atoms with E-state index in [9.17, 15) is 19.7 Å². The highest BCUT2D eigenvalue weighted by Crippen LogP contribution is 2.26. The Morgan fingerprint density at radius 3 is 2.29 bits per heavy atom. The van der Waals surface area contributed by atoms with E-state index in [0.717, 1.165) is 13.2 Å². The van der Waals surface area contributed by atoms with Gasteiger partial charge in [0.15, 0.2) is 0 Å². The van der Waals surface area contributed by atoms with Gasteiger partial charge in [0, 0.05) is 5.56 Å². The average molecular weight is 239 g/mol. The Bertz CT molecular complexity index is 508. The molecule has 0 bridgehead atoms. The van der Waals surface area contributed by atoms with Gasteiger partial charge in [-0.3, -0.25) is 10.1 Å². The molecule has 0 heterocycles. The molecule has 1 aromatic carbocycles. The van der Waals surface area contributed by atoms with Gasteiger partial charge in [-0.05, 0) is 19.1 Å². The molecule has 90 valence electrons. The maximum Gasteiger partial charge on any atom is 0.342 e. The van der Waals surface area contributed by atoms with Gasteiger partial charge in [0.2, 0.25) is 0 Å². The summed E-state index contributed by atoms with van der Waals surface area (Å²) < 4.78 is 4.44. The van der Waals surface area contributed by atoms with Crippen LogP contribution in [0.4, 0.5) is 5.69 Å². The van der Waals surface area contributed by atoms with Crippen LogP contribution in [0.1, 0.15) is 26.3 Å². The lowest BCUT2D eigenvalue weighted by Gasteiger charge is -2.06. The Morgan fingerprint density at radius 1 is 1.35 bits per heavy atom. The SMILES string of the molecule is COC(=O)c1ccc(C(=O)O)c([N+](=O)[O-])c1C. The lowest BCUT2D eigenvalue weighted by molar-refractivity contribution is -0.385. The first-order valence-corrected chi connectivity index (χ1v) is 4.49. The van der Waals surface area contributed by atoms with Crippen LogP contribution in [0.5, 0.6) is 0 Å². The third-order valence-electron chi connectivity index (χ3n) is 2.25. The highest BCUT2D eigenvalue weighted by atomic mass is 16.6. The van der Waals surface area contributed by atoms with Crippen LogP contribution in [0.25, 0.3) is 0 Å². The Hall–Kier alpha value is -2.44. The number of esters is 1. The zero-order valence-electron chi connectivity index (χ0n) is 9.09. The number of rotatable bonds is 3. The molecule has 7 nitrogen and oxygen atoms in total. The molecule has 0 atom stereocenters. The number of nitro benzene ring substituents is 1. The molecule has 1 aromatic rings. The Kier molecular flexibility index (Phi) is 3.42. The molecule has 0 saturated heterocycles. The van der Waals surface area contributed by atoms with Crippen molar-refractivity contribution in [3.63, 3.8) is 0 Å². The van der Waals surface area contributed by atoms with E-state index in [1.165, 1.54) is 13.0 Å². The van der Waals surface area contributed by atoms with Crippen LogP contribution in [0, 0.1) is 17.0 Å². The largest absolute Gasteiger partial charge is 0.477 e. The number of carboxylic acid groups (broad SMARTS) is 1. The Balaban J connectivity index is 3.55. The summed E-state index contributed by atoms with van der Waals surface area (Å²) in [5, 5.41) is 19.6. The van der Waals surface area contributed by atoms with E-state index >= 15 is 0 Å². The number of ether oxygens (including phenoxy) is 1. The van der Waals surface area contributed by atoms with E-state index in [-0.39, 0.29) is 11.1 Å². The fourth-order valence-electron chi connectivity index (χ4n) is 1.44. The van der Waals surface area contributed by atoms with Crippen molar-refractivity contribution in [3.05, 3.63) is 38.9 Å². The number of aromatic carboxylic acids is 1. The summed E-state index contributed by atoms with van der Waals surface area (Å²) in [6, 6.07) is 2.21. The minimum absolute atomic E-state index is 0.0239. The fraction of sp³-hybridized carbons (Fsp3) is 0.200. The third kappa shape index (κ3) is 2.22. The molecule has 1 rings (SSSR count). The highest BCUT2D eigenvalue weighted by Gasteiger charge is 2.26. The fourth-order valence-corrected chi connectivity index (χ4v) is 1.44. The number of nitrogens with zero attached hydrogens (tertiary/aromatic N) is 1. The quantitative estimate of drug-likeness (QED) is 0.485. The maximum absolute atomic E-state index is 11.3. The van der Waals surface area contributed by atoms with Crippen molar-refractivity contribution in [3.8, 4) is 0 Å². The topological polar surface area (TPSA) is 107 Å². The summed E-state index contributed by atoms with van der Waals surface area (Å²) in [5.41, 5.74) is -1.11. The first-order valence-electron chi connectivity index (χ1n) is 4.49. The van der Waals surface area contributed by atoms with Crippen LogP contribution < -0.4 is 0 Å². The molecule has 0 aliphatic carbocycles. The molecular formula is C10H9NO6. The van der Waals surface area contributed by atoms with E-state index in [4.69, 9.17) is 5.11 Å². The van der Waals surface area contributed by atoms with Crippen LogP contribution >= 0.6 is 0 Å². The first-order chi connectivity index (χ1) is 7.90. The molecule has 0 fully saturated rings. The van der Waals surface area contributed by atoms with E-state index in [1.54, 1.807) is 0 Å². The molecular weight excluding hydrogens is 230 g/mol. The molecule has 0 aromatic heterocycles. The summed E-state index contributed by atoms with van der Waals surface area (Å²) in [4.78, 5) is 32.1. The number of hydrogen-bond acceptors (Lipinski definition) is 5. The molecule has 0 aliphatic heterocycles. The van der Waals surface area contributed by atoms with Gasteiger partial charge in [0.25, 0.3) is 5.69 Å². The van der Waals surface area contributed by atoms with Gasteiger partial charge in [-0.1, -0.05) is 0 Å². The number of carboxylic acids is 1. The minimum Gasteiger partial charge on any atom is -0.477 e. The van der Waals surface area contributed by atoms with Crippen molar-refractivity contribution >= 4 is 17.6 Å². The minimum atomic E-state index is -1.42. The zero-order valence-corrected chi connectivity index (χ0v) is 9.09. The van der Waals surface area contributed by atoms with Crippen LogP contribution in [0.3, 0.4) is 0 Å². The molecule has 17 heavy (non-hydrogen) atoms. The summed E-state index contributed by atoms with van der Waals surface area (Å²) in [6.45, 7) is 1.30. The molecule has 0 spiro atoms. The predicted molar refractivity (Wildman–Crippen MR) is 56.1 cm³/mol. The number of carbonyl (C=O) groups is 2. The summed E-state index contributed by atoms with van der Waals surface area (Å²) in [7, 11) is 1.14. The van der Waals surface area contributed by atoms with Crippen molar-refractivity contribution in [2.24, 2.45) is 0 Å². The Morgan fingerprint density at radius 2 is 1.88 bits per heavy atom. The molecule has 7 heteroatoms. The summed E-state index contributed by atoms with van der Waals surface area (Å²) >= 11 is 0. The molecule has 0 aliphatic rings. The van der Waals surface area contributed by atoms with Crippen molar-refractivity contribution in [1.29, 1.82) is 0 Å². The van der Waals surface area contributed by atoms with Crippen molar-refractivity contribution in [1.82, 2.24) is 0 Å².